The molecular formula is C15H9ClN2O3. The van der Waals surface area contributed by atoms with Crippen molar-refractivity contribution >= 4 is 34.3 Å². The van der Waals surface area contributed by atoms with E-state index in [9.17, 15) is 9.90 Å². The zero-order valence-electron chi connectivity index (χ0n) is 10.7. The Bertz CT molecular complexity index is 903. The smallest absolute Gasteiger partial charge is 0.346 e. The number of hydrogen-bond acceptors (Lipinski definition) is 5. The lowest BCUT2D eigenvalue weighted by molar-refractivity contribution is 0.312. The van der Waals surface area contributed by atoms with Gasteiger partial charge < -0.3 is 9.52 Å². The van der Waals surface area contributed by atoms with Crippen molar-refractivity contribution in [1.29, 1.82) is 0 Å². The molecule has 1 N–H and O–H groups in total. The number of rotatable bonds is 2. The Balaban J connectivity index is 2.17. The molecule has 2 aromatic heterocycles. The van der Waals surface area contributed by atoms with Gasteiger partial charge in [0.1, 0.15) is 5.69 Å². The molecule has 0 atom stereocenters. The van der Waals surface area contributed by atoms with E-state index in [0.717, 1.165) is 0 Å². The van der Waals surface area contributed by atoms with Gasteiger partial charge >= 0.3 is 5.63 Å². The lowest BCUT2D eigenvalue weighted by Crippen LogP contribution is -2.01. The van der Waals surface area contributed by atoms with E-state index in [1.165, 1.54) is 6.21 Å². The van der Waals surface area contributed by atoms with Gasteiger partial charge in [0.15, 0.2) is 5.15 Å². The SMILES string of the molecule is O=c1oc(O)c(C=Nc2cccnc2Cl)c2ccccc12. The Morgan fingerprint density at radius 1 is 1.19 bits per heavy atom. The molecule has 1 aromatic carbocycles. The summed E-state index contributed by atoms with van der Waals surface area (Å²) < 4.78 is 4.80. The number of aromatic hydroxyl groups is 1. The Morgan fingerprint density at radius 3 is 2.71 bits per heavy atom. The van der Waals surface area contributed by atoms with Gasteiger partial charge in [-0.05, 0) is 18.2 Å². The third-order valence-electron chi connectivity index (χ3n) is 2.93. The summed E-state index contributed by atoms with van der Waals surface area (Å²) in [5, 5.41) is 11.0. The quantitative estimate of drug-likeness (QED) is 0.582. The Kier molecular flexibility index (Phi) is 3.41. The molecule has 0 unspecified atom stereocenters. The van der Waals surface area contributed by atoms with Crippen LogP contribution in [0.1, 0.15) is 5.56 Å². The highest BCUT2D eigenvalue weighted by Gasteiger charge is 2.11. The Labute approximate surface area is 124 Å². The van der Waals surface area contributed by atoms with Crippen LogP contribution >= 0.6 is 11.6 Å². The van der Waals surface area contributed by atoms with Crippen molar-refractivity contribution in [3.05, 3.63) is 63.7 Å². The summed E-state index contributed by atoms with van der Waals surface area (Å²) in [5.41, 5.74) is 0.165. The molecule has 0 spiro atoms. The molecule has 0 radical (unpaired) electrons. The van der Waals surface area contributed by atoms with Gasteiger partial charge in [-0.3, -0.25) is 4.99 Å². The van der Waals surface area contributed by atoms with Crippen LogP contribution in [-0.4, -0.2) is 16.3 Å². The second-order valence-corrected chi connectivity index (χ2v) is 4.58. The molecule has 5 nitrogen and oxygen atoms in total. The van der Waals surface area contributed by atoms with E-state index in [1.807, 2.05) is 0 Å². The molecule has 0 fully saturated rings. The van der Waals surface area contributed by atoms with Crippen LogP contribution in [0.2, 0.25) is 5.15 Å². The Morgan fingerprint density at radius 2 is 1.95 bits per heavy atom. The molecule has 0 bridgehead atoms. The largest absolute Gasteiger partial charge is 0.480 e. The first-order valence-electron chi connectivity index (χ1n) is 6.06. The molecule has 2 heterocycles. The molecule has 3 rings (SSSR count). The maximum Gasteiger partial charge on any atom is 0.346 e. The van der Waals surface area contributed by atoms with Crippen molar-refractivity contribution in [2.24, 2.45) is 4.99 Å². The number of fused-ring (bicyclic) bond motifs is 1. The summed E-state index contributed by atoms with van der Waals surface area (Å²) in [6.07, 6.45) is 2.94. The lowest BCUT2D eigenvalue weighted by atomic mass is 10.1. The molecule has 0 aliphatic carbocycles. The molecule has 104 valence electrons. The minimum atomic E-state index is -0.598. The van der Waals surface area contributed by atoms with Crippen molar-refractivity contribution in [2.75, 3.05) is 0 Å². The van der Waals surface area contributed by atoms with Crippen LogP contribution in [0.5, 0.6) is 5.95 Å². The van der Waals surface area contributed by atoms with Crippen LogP contribution in [0.25, 0.3) is 10.8 Å². The zero-order chi connectivity index (χ0) is 14.8. The number of halogens is 1. The fraction of sp³-hybridized carbons (Fsp3) is 0. The monoisotopic (exact) mass is 300 g/mol. The van der Waals surface area contributed by atoms with Crippen LogP contribution in [0, 0.1) is 0 Å². The number of nitrogens with zero attached hydrogens (tertiary/aromatic N) is 2. The summed E-state index contributed by atoms with van der Waals surface area (Å²) in [5.74, 6) is -0.484. The number of benzene rings is 1. The van der Waals surface area contributed by atoms with Crippen molar-refractivity contribution in [1.82, 2.24) is 4.98 Å². The van der Waals surface area contributed by atoms with E-state index in [0.29, 0.717) is 22.0 Å². The first-order valence-corrected chi connectivity index (χ1v) is 6.44. The normalized spacial score (nSPS) is 11.3. The van der Waals surface area contributed by atoms with E-state index < -0.39 is 11.6 Å². The van der Waals surface area contributed by atoms with E-state index in [1.54, 1.807) is 42.6 Å². The van der Waals surface area contributed by atoms with Gasteiger partial charge in [-0.15, -0.1) is 0 Å². The average molecular weight is 301 g/mol. The van der Waals surface area contributed by atoms with Crippen LogP contribution in [-0.2, 0) is 0 Å². The highest BCUT2D eigenvalue weighted by molar-refractivity contribution is 6.31. The van der Waals surface area contributed by atoms with Gasteiger partial charge in [-0.1, -0.05) is 29.8 Å². The summed E-state index contributed by atoms with van der Waals surface area (Å²) in [4.78, 5) is 19.8. The van der Waals surface area contributed by atoms with Gasteiger partial charge in [-0.25, -0.2) is 9.78 Å². The van der Waals surface area contributed by atoms with Gasteiger partial charge in [0.2, 0.25) is 0 Å². The highest BCUT2D eigenvalue weighted by atomic mass is 35.5. The van der Waals surface area contributed by atoms with Crippen molar-refractivity contribution in [3.8, 4) is 5.95 Å². The summed E-state index contributed by atoms with van der Waals surface area (Å²) >= 11 is 5.91. The van der Waals surface area contributed by atoms with Crippen LogP contribution in [0.3, 0.4) is 0 Å². The second-order valence-electron chi connectivity index (χ2n) is 4.23. The molecule has 0 saturated carbocycles. The first-order chi connectivity index (χ1) is 10.2. The first kappa shape index (κ1) is 13.3. The maximum atomic E-state index is 11.7. The second kappa shape index (κ2) is 5.38. The molecule has 3 aromatic rings. The maximum absolute atomic E-state index is 11.7. The topological polar surface area (TPSA) is 75.7 Å². The molecular weight excluding hydrogens is 292 g/mol. The summed E-state index contributed by atoms with van der Waals surface area (Å²) in [6.45, 7) is 0. The van der Waals surface area contributed by atoms with Crippen LogP contribution in [0.15, 0.2) is 56.8 Å². The van der Waals surface area contributed by atoms with Crippen LogP contribution in [0.4, 0.5) is 5.69 Å². The Hall–Kier alpha value is -2.66. The zero-order valence-corrected chi connectivity index (χ0v) is 11.4. The van der Waals surface area contributed by atoms with E-state index >= 15 is 0 Å². The van der Waals surface area contributed by atoms with Gasteiger partial charge in [0.05, 0.1) is 10.9 Å². The van der Waals surface area contributed by atoms with Gasteiger partial charge in [0, 0.05) is 17.8 Å². The van der Waals surface area contributed by atoms with Crippen molar-refractivity contribution in [2.45, 2.75) is 0 Å². The van der Waals surface area contributed by atoms with Crippen molar-refractivity contribution in [3.63, 3.8) is 0 Å². The standard InChI is InChI=1S/C15H9ClN2O3/c16-13-12(6-3-7-17-13)18-8-11-9-4-1-2-5-10(9)14(19)21-15(11)20/h1-8,20H. The number of aliphatic imine (C=N–C) groups is 1. The molecule has 6 heteroatoms. The van der Waals surface area contributed by atoms with Gasteiger partial charge in [0.25, 0.3) is 5.95 Å². The fourth-order valence-corrected chi connectivity index (χ4v) is 2.11. The van der Waals surface area contributed by atoms with Crippen LogP contribution < -0.4 is 5.63 Å². The summed E-state index contributed by atoms with van der Waals surface area (Å²) in [6, 6.07) is 10.2. The number of aromatic nitrogens is 1. The third kappa shape index (κ3) is 2.51. The fourth-order valence-electron chi connectivity index (χ4n) is 1.94. The number of pyridine rings is 1. The van der Waals surface area contributed by atoms with E-state index in [4.69, 9.17) is 16.0 Å². The highest BCUT2D eigenvalue weighted by Crippen LogP contribution is 2.25. The average Bonchev–Trinajstić information content (AvgIpc) is 2.49. The lowest BCUT2D eigenvalue weighted by Gasteiger charge is -2.02. The van der Waals surface area contributed by atoms with Gasteiger partial charge in [-0.2, -0.15) is 0 Å². The summed E-state index contributed by atoms with van der Waals surface area (Å²) in [7, 11) is 0. The third-order valence-corrected chi connectivity index (χ3v) is 3.22. The molecule has 0 aliphatic heterocycles. The minimum absolute atomic E-state index is 0.245. The molecule has 0 aliphatic rings. The van der Waals surface area contributed by atoms with E-state index in [-0.39, 0.29) is 5.15 Å². The van der Waals surface area contributed by atoms with E-state index in [2.05, 4.69) is 9.98 Å². The predicted molar refractivity (Wildman–Crippen MR) is 80.6 cm³/mol. The van der Waals surface area contributed by atoms with Crippen molar-refractivity contribution < 1.29 is 9.52 Å². The molecule has 0 amide bonds. The molecule has 21 heavy (non-hydrogen) atoms. The molecule has 0 saturated heterocycles. The minimum Gasteiger partial charge on any atom is -0.480 e. The number of hydrogen-bond donors (Lipinski definition) is 1. The predicted octanol–water partition coefficient (Wildman–Crippen LogP) is 3.30.